The minimum atomic E-state index is -0.385. The Morgan fingerprint density at radius 3 is 2.77 bits per heavy atom. The number of amides is 1. The molecule has 0 aromatic carbocycles. The molecule has 1 aromatic heterocycles. The smallest absolute Gasteiger partial charge is 0.333 e. The molecule has 122 valence electrons. The minimum Gasteiger partial charge on any atom is -0.462 e. The Hall–Kier alpha value is -2.11. The van der Waals surface area contributed by atoms with Gasteiger partial charge in [-0.05, 0) is 26.2 Å². The molecule has 0 spiro atoms. The molecule has 1 heterocycles. The maximum absolute atomic E-state index is 11.6. The quantitative estimate of drug-likeness (QED) is 0.386. The van der Waals surface area contributed by atoms with Crippen LogP contribution < -0.4 is 5.32 Å². The molecular weight excluding hydrogens is 282 g/mol. The third kappa shape index (κ3) is 8.24. The Morgan fingerprint density at radius 1 is 1.27 bits per heavy atom. The van der Waals surface area contributed by atoms with E-state index in [1.54, 1.807) is 19.4 Å². The number of rotatable bonds is 11. The highest BCUT2D eigenvalue weighted by molar-refractivity contribution is 5.86. The molecule has 0 atom stereocenters. The van der Waals surface area contributed by atoms with Crippen LogP contribution in [0, 0.1) is 0 Å². The number of imidazole rings is 1. The van der Waals surface area contributed by atoms with Gasteiger partial charge in [-0.15, -0.1) is 0 Å². The number of esters is 1. The molecule has 0 fully saturated rings. The molecule has 0 bridgehead atoms. The lowest BCUT2D eigenvalue weighted by atomic mass is 10.2. The topological polar surface area (TPSA) is 73.2 Å². The Kier molecular flexibility index (Phi) is 8.64. The highest BCUT2D eigenvalue weighted by atomic mass is 16.5. The summed E-state index contributed by atoms with van der Waals surface area (Å²) >= 11 is 0. The molecule has 1 amide bonds. The number of hydrogen-bond donors (Lipinski definition) is 1. The van der Waals surface area contributed by atoms with Crippen molar-refractivity contribution in [2.75, 3.05) is 13.2 Å². The second-order valence-electron chi connectivity index (χ2n) is 5.23. The zero-order valence-corrected chi connectivity index (χ0v) is 13.2. The predicted octanol–water partition coefficient (Wildman–Crippen LogP) is 2.07. The third-order valence-electron chi connectivity index (χ3n) is 3.10. The third-order valence-corrected chi connectivity index (χ3v) is 3.10. The van der Waals surface area contributed by atoms with Gasteiger partial charge in [0.1, 0.15) is 0 Å². The van der Waals surface area contributed by atoms with Crippen molar-refractivity contribution >= 4 is 11.9 Å². The van der Waals surface area contributed by atoms with Crippen LogP contribution in [0.4, 0.5) is 0 Å². The number of ether oxygens (including phenoxy) is 1. The molecule has 0 saturated heterocycles. The second kappa shape index (κ2) is 10.6. The van der Waals surface area contributed by atoms with Crippen LogP contribution in [0.15, 0.2) is 30.9 Å². The number of nitrogens with zero attached hydrogens (tertiary/aromatic N) is 2. The fourth-order valence-electron chi connectivity index (χ4n) is 1.85. The average Bonchev–Trinajstić information content (AvgIpc) is 2.99. The van der Waals surface area contributed by atoms with Gasteiger partial charge < -0.3 is 14.6 Å². The van der Waals surface area contributed by atoms with E-state index in [0.717, 1.165) is 25.8 Å². The van der Waals surface area contributed by atoms with Crippen molar-refractivity contribution in [3.05, 3.63) is 30.9 Å². The number of carbonyl (C=O) groups excluding carboxylic acids is 2. The first kappa shape index (κ1) is 17.9. The van der Waals surface area contributed by atoms with Crippen LogP contribution >= 0.6 is 0 Å². The van der Waals surface area contributed by atoms with Crippen molar-refractivity contribution in [1.82, 2.24) is 14.9 Å². The molecule has 0 unspecified atom stereocenters. The SMILES string of the molecule is C=C(C)C(=O)OCCCNC(=O)CCCCCn1ccnc1. The molecule has 6 heteroatoms. The van der Waals surface area contributed by atoms with Crippen molar-refractivity contribution in [3.8, 4) is 0 Å². The van der Waals surface area contributed by atoms with Gasteiger partial charge in [0.25, 0.3) is 0 Å². The van der Waals surface area contributed by atoms with E-state index in [0.29, 0.717) is 31.6 Å². The Morgan fingerprint density at radius 2 is 2.09 bits per heavy atom. The maximum Gasteiger partial charge on any atom is 0.333 e. The molecule has 1 rings (SSSR count). The first-order valence-electron chi connectivity index (χ1n) is 7.64. The normalized spacial score (nSPS) is 10.2. The van der Waals surface area contributed by atoms with E-state index < -0.39 is 0 Å². The number of nitrogens with one attached hydrogen (secondary N) is 1. The Balaban J connectivity index is 1.91. The lowest BCUT2D eigenvalue weighted by molar-refractivity contribution is -0.138. The van der Waals surface area contributed by atoms with Crippen molar-refractivity contribution in [1.29, 1.82) is 0 Å². The van der Waals surface area contributed by atoms with E-state index in [9.17, 15) is 9.59 Å². The van der Waals surface area contributed by atoms with Crippen molar-refractivity contribution in [2.24, 2.45) is 0 Å². The van der Waals surface area contributed by atoms with E-state index in [1.165, 1.54) is 0 Å². The van der Waals surface area contributed by atoms with E-state index in [-0.39, 0.29) is 11.9 Å². The fraction of sp³-hybridized carbons (Fsp3) is 0.562. The van der Waals surface area contributed by atoms with Crippen LogP contribution in [0.2, 0.25) is 0 Å². The Bertz CT molecular complexity index is 469. The molecule has 6 nitrogen and oxygen atoms in total. The first-order valence-corrected chi connectivity index (χ1v) is 7.64. The van der Waals surface area contributed by atoms with Crippen molar-refractivity contribution in [2.45, 2.75) is 45.6 Å². The predicted molar refractivity (Wildman–Crippen MR) is 84.1 cm³/mol. The summed E-state index contributed by atoms with van der Waals surface area (Å²) in [6.07, 6.45) is 9.59. The highest BCUT2D eigenvalue weighted by Crippen LogP contribution is 2.02. The van der Waals surface area contributed by atoms with Gasteiger partial charge in [0.2, 0.25) is 5.91 Å². The van der Waals surface area contributed by atoms with Crippen molar-refractivity contribution in [3.63, 3.8) is 0 Å². The van der Waals surface area contributed by atoms with Gasteiger partial charge in [0, 0.05) is 37.5 Å². The van der Waals surface area contributed by atoms with Gasteiger partial charge in [-0.3, -0.25) is 4.79 Å². The number of carbonyl (C=O) groups is 2. The molecule has 0 aliphatic heterocycles. The van der Waals surface area contributed by atoms with Crippen LogP contribution in [-0.2, 0) is 20.9 Å². The summed E-state index contributed by atoms with van der Waals surface area (Å²) in [7, 11) is 0. The minimum absolute atomic E-state index is 0.0499. The van der Waals surface area contributed by atoms with Crippen LogP contribution in [0.3, 0.4) is 0 Å². The van der Waals surface area contributed by atoms with Gasteiger partial charge in [0.15, 0.2) is 0 Å². The fourth-order valence-corrected chi connectivity index (χ4v) is 1.85. The molecule has 22 heavy (non-hydrogen) atoms. The standard InChI is InChI=1S/C16H25N3O3/c1-14(2)16(21)22-12-6-8-18-15(20)7-4-3-5-10-19-11-9-17-13-19/h9,11,13H,1,3-8,10,12H2,2H3,(H,18,20). The highest BCUT2D eigenvalue weighted by Gasteiger charge is 2.03. The van der Waals surface area contributed by atoms with Crippen LogP contribution in [0.5, 0.6) is 0 Å². The molecule has 0 radical (unpaired) electrons. The van der Waals surface area contributed by atoms with E-state index in [1.807, 2.05) is 10.8 Å². The summed E-state index contributed by atoms with van der Waals surface area (Å²) in [6.45, 7) is 6.87. The largest absolute Gasteiger partial charge is 0.462 e. The van der Waals surface area contributed by atoms with E-state index in [4.69, 9.17) is 4.74 Å². The summed E-state index contributed by atoms with van der Waals surface area (Å²) in [5.41, 5.74) is 0.389. The molecule has 0 saturated carbocycles. The zero-order valence-electron chi connectivity index (χ0n) is 13.2. The van der Waals surface area contributed by atoms with Gasteiger partial charge in [-0.25, -0.2) is 9.78 Å². The van der Waals surface area contributed by atoms with E-state index >= 15 is 0 Å². The number of hydrogen-bond acceptors (Lipinski definition) is 4. The van der Waals surface area contributed by atoms with Crippen LogP contribution in [-0.4, -0.2) is 34.6 Å². The summed E-state index contributed by atoms with van der Waals surface area (Å²) in [4.78, 5) is 26.7. The lowest BCUT2D eigenvalue weighted by Crippen LogP contribution is -2.25. The van der Waals surface area contributed by atoms with E-state index in [2.05, 4.69) is 16.9 Å². The van der Waals surface area contributed by atoms with Gasteiger partial charge in [-0.1, -0.05) is 13.0 Å². The zero-order chi connectivity index (χ0) is 16.2. The molecule has 1 aromatic rings. The second-order valence-corrected chi connectivity index (χ2v) is 5.23. The monoisotopic (exact) mass is 307 g/mol. The van der Waals surface area contributed by atoms with Crippen LogP contribution in [0.25, 0.3) is 0 Å². The number of aryl methyl sites for hydroxylation is 1. The lowest BCUT2D eigenvalue weighted by Gasteiger charge is -2.06. The van der Waals surface area contributed by atoms with Crippen molar-refractivity contribution < 1.29 is 14.3 Å². The maximum atomic E-state index is 11.6. The van der Waals surface area contributed by atoms with Gasteiger partial charge >= 0.3 is 5.97 Å². The Labute approximate surface area is 131 Å². The average molecular weight is 307 g/mol. The summed E-state index contributed by atoms with van der Waals surface area (Å²) < 4.78 is 6.97. The molecule has 0 aliphatic rings. The number of aromatic nitrogens is 2. The molecule has 0 aliphatic carbocycles. The van der Waals surface area contributed by atoms with Crippen LogP contribution in [0.1, 0.15) is 39.0 Å². The molecular formula is C16H25N3O3. The van der Waals surface area contributed by atoms with Gasteiger partial charge in [-0.2, -0.15) is 0 Å². The van der Waals surface area contributed by atoms with Gasteiger partial charge in [0.05, 0.1) is 12.9 Å². The number of unbranched alkanes of at least 4 members (excludes halogenated alkanes) is 2. The summed E-state index contributed by atoms with van der Waals surface area (Å²) in [5, 5.41) is 2.82. The molecule has 1 N–H and O–H groups in total. The summed E-state index contributed by atoms with van der Waals surface area (Å²) in [6, 6.07) is 0. The first-order chi connectivity index (χ1) is 10.6. The summed E-state index contributed by atoms with van der Waals surface area (Å²) in [5.74, 6) is -0.335.